The van der Waals surface area contributed by atoms with Crippen LogP contribution in [0.15, 0.2) is 24.3 Å². The third-order valence-electron chi connectivity index (χ3n) is 4.18. The van der Waals surface area contributed by atoms with Gasteiger partial charge in [-0.1, -0.05) is 19.1 Å². The molecule has 1 aromatic carbocycles. The molecule has 1 amide bonds. The number of rotatable bonds is 6. The van der Waals surface area contributed by atoms with Gasteiger partial charge in [-0.3, -0.25) is 9.59 Å². The fraction of sp³-hybridized carbons (Fsp3) is 0.500. The van der Waals surface area contributed by atoms with E-state index in [1.54, 1.807) is 6.92 Å². The minimum atomic E-state index is -4.38. The van der Waals surface area contributed by atoms with Crippen molar-refractivity contribution < 1.29 is 27.9 Å². The normalized spacial score (nSPS) is 17.4. The van der Waals surface area contributed by atoms with E-state index >= 15 is 0 Å². The quantitative estimate of drug-likeness (QED) is 0.843. The zero-order chi connectivity index (χ0) is 17.3. The Labute approximate surface area is 131 Å². The van der Waals surface area contributed by atoms with Crippen LogP contribution in [0.1, 0.15) is 30.9 Å². The van der Waals surface area contributed by atoms with Crippen LogP contribution in [0.4, 0.5) is 13.2 Å². The summed E-state index contributed by atoms with van der Waals surface area (Å²) < 4.78 is 37.4. The second kappa shape index (κ2) is 6.22. The molecule has 7 heteroatoms. The summed E-state index contributed by atoms with van der Waals surface area (Å²) in [5.74, 6) is -1.65. The van der Waals surface area contributed by atoms with E-state index in [0.29, 0.717) is 24.8 Å². The Morgan fingerprint density at radius 3 is 2.26 bits per heavy atom. The van der Waals surface area contributed by atoms with Gasteiger partial charge in [0.25, 0.3) is 0 Å². The molecule has 0 saturated heterocycles. The number of nitrogens with one attached hydrogen (secondary N) is 1. The number of hydrogen-bond donors (Lipinski definition) is 2. The summed E-state index contributed by atoms with van der Waals surface area (Å²) in [6, 6.07) is 4.69. The third kappa shape index (κ3) is 4.24. The molecule has 1 aliphatic rings. The molecule has 0 spiro atoms. The lowest BCUT2D eigenvalue weighted by Crippen LogP contribution is -2.37. The Bertz CT molecular complexity index is 592. The van der Waals surface area contributed by atoms with Crippen LogP contribution in [-0.4, -0.2) is 23.5 Å². The van der Waals surface area contributed by atoms with Crippen LogP contribution in [0, 0.1) is 11.3 Å². The van der Waals surface area contributed by atoms with Crippen LogP contribution in [0.5, 0.6) is 0 Å². The smallest absolute Gasteiger partial charge is 0.416 e. The summed E-state index contributed by atoms with van der Waals surface area (Å²) in [5.41, 5.74) is -0.931. The summed E-state index contributed by atoms with van der Waals surface area (Å²) in [6.45, 7) is 1.76. The molecule has 2 rings (SSSR count). The van der Waals surface area contributed by atoms with Crippen molar-refractivity contribution in [2.45, 2.75) is 32.4 Å². The van der Waals surface area contributed by atoms with Crippen molar-refractivity contribution in [2.75, 3.05) is 6.54 Å². The van der Waals surface area contributed by atoms with E-state index in [1.165, 1.54) is 12.1 Å². The Kier molecular flexibility index (Phi) is 4.68. The molecule has 0 bridgehead atoms. The molecule has 1 fully saturated rings. The van der Waals surface area contributed by atoms with Gasteiger partial charge in [-0.05, 0) is 37.0 Å². The van der Waals surface area contributed by atoms with Gasteiger partial charge in [0.15, 0.2) is 0 Å². The van der Waals surface area contributed by atoms with E-state index in [4.69, 9.17) is 5.11 Å². The highest BCUT2D eigenvalue weighted by Gasteiger charge is 2.50. The molecule has 1 atom stereocenters. The van der Waals surface area contributed by atoms with Crippen molar-refractivity contribution in [1.29, 1.82) is 0 Å². The molecular weight excluding hydrogens is 311 g/mol. The van der Waals surface area contributed by atoms with Gasteiger partial charge in [-0.15, -0.1) is 0 Å². The molecule has 126 valence electrons. The molecule has 0 radical (unpaired) electrons. The van der Waals surface area contributed by atoms with Gasteiger partial charge in [0, 0.05) is 12.5 Å². The van der Waals surface area contributed by atoms with E-state index in [0.717, 1.165) is 12.1 Å². The fourth-order valence-electron chi connectivity index (χ4n) is 2.32. The first kappa shape index (κ1) is 17.3. The standard InChI is InChI=1S/C16H18F3NO3/c1-10(13(21)20-9-15(6-7-15)14(22)23)8-11-2-4-12(5-3-11)16(17,18)19/h2-5,10H,6-9H2,1H3,(H,20,21)(H,22,23). The lowest BCUT2D eigenvalue weighted by atomic mass is 9.98. The van der Waals surface area contributed by atoms with Crippen molar-refractivity contribution in [3.63, 3.8) is 0 Å². The molecular formula is C16H18F3NO3. The fourth-order valence-corrected chi connectivity index (χ4v) is 2.32. The Hall–Kier alpha value is -2.05. The van der Waals surface area contributed by atoms with Gasteiger partial charge >= 0.3 is 12.1 Å². The number of amides is 1. The van der Waals surface area contributed by atoms with Gasteiger partial charge in [-0.2, -0.15) is 13.2 Å². The van der Waals surface area contributed by atoms with Gasteiger partial charge in [0.05, 0.1) is 11.0 Å². The monoisotopic (exact) mass is 329 g/mol. The van der Waals surface area contributed by atoms with Crippen LogP contribution in [0.25, 0.3) is 0 Å². The largest absolute Gasteiger partial charge is 0.481 e. The van der Waals surface area contributed by atoms with E-state index in [9.17, 15) is 22.8 Å². The molecule has 0 aliphatic heterocycles. The molecule has 23 heavy (non-hydrogen) atoms. The number of benzene rings is 1. The van der Waals surface area contributed by atoms with Crippen molar-refractivity contribution in [1.82, 2.24) is 5.32 Å². The summed E-state index contributed by atoms with van der Waals surface area (Å²) in [7, 11) is 0. The Morgan fingerprint density at radius 1 is 1.26 bits per heavy atom. The van der Waals surface area contributed by atoms with Gasteiger partial charge < -0.3 is 10.4 Å². The SMILES string of the molecule is CC(Cc1ccc(C(F)(F)F)cc1)C(=O)NCC1(C(=O)O)CC1. The number of halogens is 3. The predicted octanol–water partition coefficient (Wildman–Crippen LogP) is 2.87. The summed E-state index contributed by atoms with van der Waals surface area (Å²) in [6.07, 6.45) is -2.98. The highest BCUT2D eigenvalue weighted by atomic mass is 19.4. The van der Waals surface area contributed by atoms with E-state index in [-0.39, 0.29) is 12.5 Å². The zero-order valence-electron chi connectivity index (χ0n) is 12.6. The molecule has 1 saturated carbocycles. The first-order valence-corrected chi connectivity index (χ1v) is 7.31. The van der Waals surface area contributed by atoms with E-state index in [1.807, 2.05) is 0 Å². The average Bonchev–Trinajstić information content (AvgIpc) is 3.25. The average molecular weight is 329 g/mol. The molecule has 2 N–H and O–H groups in total. The van der Waals surface area contributed by atoms with Crippen molar-refractivity contribution in [3.8, 4) is 0 Å². The highest BCUT2D eigenvalue weighted by Crippen LogP contribution is 2.45. The maximum absolute atomic E-state index is 12.5. The van der Waals surface area contributed by atoms with Crippen LogP contribution in [0.3, 0.4) is 0 Å². The van der Waals surface area contributed by atoms with Gasteiger partial charge in [0.1, 0.15) is 0 Å². The first-order valence-electron chi connectivity index (χ1n) is 7.31. The zero-order valence-corrected chi connectivity index (χ0v) is 12.6. The van der Waals surface area contributed by atoms with Gasteiger partial charge in [0.2, 0.25) is 5.91 Å². The number of carboxylic acids is 1. The molecule has 1 aliphatic carbocycles. The van der Waals surface area contributed by atoms with E-state index in [2.05, 4.69) is 5.32 Å². The number of hydrogen-bond acceptors (Lipinski definition) is 2. The Balaban J connectivity index is 1.87. The van der Waals surface area contributed by atoms with Crippen molar-refractivity contribution in [2.24, 2.45) is 11.3 Å². The Morgan fingerprint density at radius 2 is 1.83 bits per heavy atom. The summed E-state index contributed by atoms with van der Waals surface area (Å²) >= 11 is 0. The van der Waals surface area contributed by atoms with Crippen LogP contribution in [-0.2, 0) is 22.2 Å². The topological polar surface area (TPSA) is 66.4 Å². The maximum atomic E-state index is 12.5. The molecule has 1 unspecified atom stereocenters. The minimum Gasteiger partial charge on any atom is -0.481 e. The third-order valence-corrected chi connectivity index (χ3v) is 4.18. The van der Waals surface area contributed by atoms with Gasteiger partial charge in [-0.25, -0.2) is 0 Å². The molecule has 1 aromatic rings. The van der Waals surface area contributed by atoms with Crippen molar-refractivity contribution in [3.05, 3.63) is 35.4 Å². The highest BCUT2D eigenvalue weighted by molar-refractivity contribution is 5.82. The number of alkyl halides is 3. The lowest BCUT2D eigenvalue weighted by Gasteiger charge is -2.15. The van der Waals surface area contributed by atoms with Crippen LogP contribution >= 0.6 is 0 Å². The molecule has 0 heterocycles. The number of aliphatic carboxylic acids is 1. The minimum absolute atomic E-state index is 0.0958. The number of carbonyl (C=O) groups excluding carboxylic acids is 1. The molecule has 0 aromatic heterocycles. The van der Waals surface area contributed by atoms with Crippen molar-refractivity contribution >= 4 is 11.9 Å². The number of carbonyl (C=O) groups is 2. The molecule has 4 nitrogen and oxygen atoms in total. The van der Waals surface area contributed by atoms with Crippen LogP contribution < -0.4 is 5.32 Å². The second-order valence-electron chi connectivity index (χ2n) is 6.10. The van der Waals surface area contributed by atoms with Crippen LogP contribution in [0.2, 0.25) is 0 Å². The summed E-state index contributed by atoms with van der Waals surface area (Å²) in [5, 5.41) is 11.7. The summed E-state index contributed by atoms with van der Waals surface area (Å²) in [4.78, 5) is 23.0. The number of carboxylic acid groups (broad SMARTS) is 1. The first-order chi connectivity index (χ1) is 10.6. The lowest BCUT2D eigenvalue weighted by molar-refractivity contribution is -0.143. The second-order valence-corrected chi connectivity index (χ2v) is 6.10. The van der Waals surface area contributed by atoms with E-state index < -0.39 is 29.0 Å². The predicted molar refractivity (Wildman–Crippen MR) is 76.6 cm³/mol. The maximum Gasteiger partial charge on any atom is 0.416 e.